The number of alkyl halides is 6. The smallest absolute Gasteiger partial charge is 0.416 e. The Hall–Kier alpha value is -2.83. The quantitative estimate of drug-likeness (QED) is 0.584. The van der Waals surface area contributed by atoms with Crippen LogP contribution in [-0.4, -0.2) is 48.3 Å². The number of rotatable bonds is 4. The average molecular weight is 429 g/mol. The molecule has 1 aromatic rings. The topological polar surface area (TPSA) is 93.1 Å². The molecule has 1 heterocycles. The second-order valence-electron chi connectivity index (χ2n) is 5.91. The van der Waals surface area contributed by atoms with Crippen LogP contribution in [0.4, 0.5) is 32.0 Å². The van der Waals surface area contributed by atoms with Gasteiger partial charge in [0.15, 0.2) is 6.10 Å². The van der Waals surface area contributed by atoms with E-state index in [0.29, 0.717) is 17.0 Å². The molecule has 0 aliphatic carbocycles. The van der Waals surface area contributed by atoms with Crippen LogP contribution < -0.4 is 4.90 Å². The first kappa shape index (κ1) is 22.5. The van der Waals surface area contributed by atoms with Gasteiger partial charge in [0.05, 0.1) is 17.7 Å². The molecule has 1 fully saturated rings. The summed E-state index contributed by atoms with van der Waals surface area (Å²) in [6.07, 6.45) is -14.3. The maximum absolute atomic E-state index is 13.0. The highest BCUT2D eigenvalue weighted by atomic mass is 19.4. The monoisotopic (exact) mass is 429 g/mol. The van der Waals surface area contributed by atoms with E-state index >= 15 is 0 Å². The van der Waals surface area contributed by atoms with Gasteiger partial charge >= 0.3 is 24.3 Å². The molecular formula is C16H13F6NO6. The van der Waals surface area contributed by atoms with Crippen LogP contribution in [0.15, 0.2) is 18.2 Å². The fourth-order valence-electron chi connectivity index (χ4n) is 2.59. The number of aliphatic carboxylic acids is 1. The summed E-state index contributed by atoms with van der Waals surface area (Å²) in [5.74, 6) is -4.12. The van der Waals surface area contributed by atoms with E-state index in [1.54, 1.807) is 0 Å². The molecule has 1 unspecified atom stereocenters. The lowest BCUT2D eigenvalue weighted by Crippen LogP contribution is -2.55. The second-order valence-corrected chi connectivity index (χ2v) is 5.91. The third kappa shape index (κ3) is 5.16. The Morgan fingerprint density at radius 3 is 2.07 bits per heavy atom. The molecule has 160 valence electrons. The van der Waals surface area contributed by atoms with Crippen molar-refractivity contribution in [3.8, 4) is 0 Å². The summed E-state index contributed by atoms with van der Waals surface area (Å²) in [5.41, 5.74) is -4.04. The summed E-state index contributed by atoms with van der Waals surface area (Å²) >= 11 is 0. The highest BCUT2D eigenvalue weighted by Gasteiger charge is 2.44. The summed E-state index contributed by atoms with van der Waals surface area (Å²) in [5, 5.41) is 9.13. The number of carboxylic acids is 1. The van der Waals surface area contributed by atoms with Crippen LogP contribution >= 0.6 is 0 Å². The Balaban J connectivity index is 2.49. The minimum atomic E-state index is -5.13. The minimum absolute atomic E-state index is 0.106. The summed E-state index contributed by atoms with van der Waals surface area (Å²) in [4.78, 5) is 35.4. The number of benzene rings is 1. The van der Waals surface area contributed by atoms with Crippen molar-refractivity contribution in [2.45, 2.75) is 31.5 Å². The molecule has 0 bridgehead atoms. The fraction of sp³-hybridized carbons (Fsp3) is 0.438. The van der Waals surface area contributed by atoms with E-state index in [4.69, 9.17) is 9.84 Å². The van der Waals surface area contributed by atoms with Gasteiger partial charge in [-0.25, -0.2) is 4.79 Å². The number of morpholine rings is 1. The Morgan fingerprint density at radius 1 is 1.14 bits per heavy atom. The largest absolute Gasteiger partial charge is 0.478 e. The van der Waals surface area contributed by atoms with Gasteiger partial charge in [0.1, 0.15) is 0 Å². The molecule has 0 saturated carbocycles. The zero-order chi connectivity index (χ0) is 22.1. The van der Waals surface area contributed by atoms with Crippen molar-refractivity contribution in [3.05, 3.63) is 29.3 Å². The van der Waals surface area contributed by atoms with Crippen molar-refractivity contribution in [3.63, 3.8) is 0 Å². The van der Waals surface area contributed by atoms with E-state index in [2.05, 4.69) is 4.74 Å². The zero-order valence-electron chi connectivity index (χ0n) is 14.5. The number of halogens is 6. The average Bonchev–Trinajstić information content (AvgIpc) is 2.58. The van der Waals surface area contributed by atoms with E-state index in [1.165, 1.54) is 0 Å². The third-order valence-electron chi connectivity index (χ3n) is 3.82. The van der Waals surface area contributed by atoms with Gasteiger partial charge in [0, 0.05) is 19.2 Å². The van der Waals surface area contributed by atoms with E-state index in [0.717, 1.165) is 6.92 Å². The Bertz CT molecular complexity index is 789. The van der Waals surface area contributed by atoms with Gasteiger partial charge in [-0.3, -0.25) is 9.59 Å². The van der Waals surface area contributed by atoms with E-state index < -0.39 is 72.4 Å². The molecule has 0 aromatic heterocycles. The molecule has 1 aromatic carbocycles. The molecular weight excluding hydrogens is 416 g/mol. The first-order valence-corrected chi connectivity index (χ1v) is 7.84. The predicted octanol–water partition coefficient (Wildman–Crippen LogP) is 2.47. The van der Waals surface area contributed by atoms with Crippen molar-refractivity contribution in [2.75, 3.05) is 18.1 Å². The number of carbonyl (C=O) groups is 3. The molecule has 1 amide bonds. The van der Waals surface area contributed by atoms with Crippen LogP contribution in [-0.2, 0) is 36.2 Å². The molecule has 1 aliphatic rings. The van der Waals surface area contributed by atoms with Crippen LogP contribution in [0.3, 0.4) is 0 Å². The van der Waals surface area contributed by atoms with Crippen LogP contribution in [0.25, 0.3) is 0 Å². The molecule has 1 N–H and O–H groups in total. The van der Waals surface area contributed by atoms with Gasteiger partial charge in [-0.15, -0.1) is 0 Å². The Morgan fingerprint density at radius 2 is 1.66 bits per heavy atom. The highest BCUT2D eigenvalue weighted by molar-refractivity contribution is 6.00. The molecule has 13 heteroatoms. The second kappa shape index (κ2) is 7.89. The Labute approximate surface area is 158 Å². The number of nitrogens with zero attached hydrogens (tertiary/aromatic N) is 1. The van der Waals surface area contributed by atoms with Crippen molar-refractivity contribution in [2.24, 2.45) is 0 Å². The van der Waals surface area contributed by atoms with Gasteiger partial charge in [-0.1, -0.05) is 0 Å². The molecule has 1 aliphatic heterocycles. The van der Waals surface area contributed by atoms with Crippen molar-refractivity contribution < 1.29 is 55.3 Å². The van der Waals surface area contributed by atoms with Crippen LogP contribution in [0.2, 0.25) is 0 Å². The molecule has 29 heavy (non-hydrogen) atoms. The van der Waals surface area contributed by atoms with Gasteiger partial charge in [0.25, 0.3) is 5.91 Å². The van der Waals surface area contributed by atoms with Crippen LogP contribution in [0.5, 0.6) is 0 Å². The number of ether oxygens (including phenoxy) is 2. The number of hydrogen-bond acceptors (Lipinski definition) is 5. The lowest BCUT2D eigenvalue weighted by atomic mass is 10.1. The van der Waals surface area contributed by atoms with Gasteiger partial charge in [-0.05, 0) is 18.2 Å². The molecule has 0 radical (unpaired) electrons. The summed E-state index contributed by atoms with van der Waals surface area (Å²) < 4.78 is 87.6. The SMILES string of the molecule is CC(=O)OC(C(=O)O)[C@H]1OCCN(c2cc(C(F)(F)F)cc(C(F)(F)F)c2)C1=O. The number of amides is 1. The van der Waals surface area contributed by atoms with Gasteiger partial charge < -0.3 is 19.5 Å². The first-order chi connectivity index (χ1) is 13.2. The van der Waals surface area contributed by atoms with Crippen LogP contribution in [0, 0.1) is 0 Å². The summed E-state index contributed by atoms with van der Waals surface area (Å²) in [6, 6.07) is 0.555. The lowest BCUT2D eigenvalue weighted by molar-refractivity contribution is -0.177. The zero-order valence-corrected chi connectivity index (χ0v) is 14.5. The number of anilines is 1. The van der Waals surface area contributed by atoms with Crippen LogP contribution in [0.1, 0.15) is 18.1 Å². The molecule has 0 spiro atoms. The van der Waals surface area contributed by atoms with Gasteiger partial charge in [-0.2, -0.15) is 26.3 Å². The highest BCUT2D eigenvalue weighted by Crippen LogP contribution is 2.39. The van der Waals surface area contributed by atoms with Crippen molar-refractivity contribution >= 4 is 23.5 Å². The van der Waals surface area contributed by atoms with E-state index in [-0.39, 0.29) is 6.07 Å². The number of hydrogen-bond donors (Lipinski definition) is 1. The summed E-state index contributed by atoms with van der Waals surface area (Å²) in [6.45, 7) is -0.0111. The lowest BCUT2D eigenvalue weighted by Gasteiger charge is -2.34. The molecule has 7 nitrogen and oxygen atoms in total. The molecule has 1 saturated heterocycles. The molecule has 2 rings (SSSR count). The molecule has 2 atom stereocenters. The standard InChI is InChI=1S/C16H13F6NO6/c1-7(24)29-12(14(26)27)11-13(25)23(2-3-28-11)10-5-8(15(17,18)19)4-9(6-10)16(20,21)22/h4-6,11-12H,2-3H2,1H3,(H,26,27)/t11-,12?/m1/s1. The number of carboxylic acid groups (broad SMARTS) is 1. The van der Waals surface area contributed by atoms with E-state index in [1.807, 2.05) is 0 Å². The first-order valence-electron chi connectivity index (χ1n) is 7.84. The van der Waals surface area contributed by atoms with Gasteiger partial charge in [0.2, 0.25) is 6.10 Å². The minimum Gasteiger partial charge on any atom is -0.478 e. The van der Waals surface area contributed by atoms with Crippen molar-refractivity contribution in [1.29, 1.82) is 0 Å². The Kier molecular flexibility index (Phi) is 6.11. The fourth-order valence-corrected chi connectivity index (χ4v) is 2.59. The normalized spacial score (nSPS) is 19.1. The maximum Gasteiger partial charge on any atom is 0.416 e. The maximum atomic E-state index is 13.0. The number of carbonyl (C=O) groups excluding carboxylic acids is 2. The summed E-state index contributed by atoms with van der Waals surface area (Å²) in [7, 11) is 0. The van der Waals surface area contributed by atoms with E-state index in [9.17, 15) is 40.7 Å². The third-order valence-corrected chi connectivity index (χ3v) is 3.82. The van der Waals surface area contributed by atoms with Crippen molar-refractivity contribution in [1.82, 2.24) is 0 Å². The number of esters is 1. The predicted molar refractivity (Wildman–Crippen MR) is 81.7 cm³/mol.